The van der Waals surface area contributed by atoms with Crippen molar-refractivity contribution in [2.24, 2.45) is 11.1 Å². The van der Waals surface area contributed by atoms with Gasteiger partial charge in [0.1, 0.15) is 23.6 Å². The molecular weight excluding hydrogens is 644 g/mol. The molecule has 1 saturated carbocycles. The van der Waals surface area contributed by atoms with Crippen LogP contribution < -0.4 is 21.1 Å². The van der Waals surface area contributed by atoms with Crippen LogP contribution in [0.25, 0.3) is 20.8 Å². The molecule has 2 aromatic carbocycles. The number of nitrogens with two attached hydrogens (primary N) is 1. The molecule has 1 aliphatic rings. The number of aromatic nitrogens is 2. The van der Waals surface area contributed by atoms with Gasteiger partial charge in [-0.3, -0.25) is 19.6 Å². The van der Waals surface area contributed by atoms with Crippen molar-refractivity contribution in [2.75, 3.05) is 24.4 Å². The number of halogens is 2. The number of hydrogen-bond donors (Lipinski definition) is 3. The van der Waals surface area contributed by atoms with Crippen LogP contribution in [0.3, 0.4) is 0 Å². The van der Waals surface area contributed by atoms with E-state index >= 15 is 4.39 Å². The van der Waals surface area contributed by atoms with Crippen LogP contribution in [-0.2, 0) is 25.5 Å². The molecule has 246 valence electrons. The fourth-order valence-corrected chi connectivity index (χ4v) is 6.00. The molecule has 3 heterocycles. The van der Waals surface area contributed by atoms with Gasteiger partial charge in [-0.05, 0) is 67.4 Å². The Morgan fingerprint density at radius 1 is 0.958 bits per heavy atom. The van der Waals surface area contributed by atoms with E-state index in [0.29, 0.717) is 52.3 Å². The van der Waals surface area contributed by atoms with Crippen molar-refractivity contribution in [3.8, 4) is 22.1 Å². The van der Waals surface area contributed by atoms with E-state index in [9.17, 15) is 18.8 Å². The van der Waals surface area contributed by atoms with Crippen LogP contribution in [0.2, 0.25) is 0 Å². The second-order valence-corrected chi connectivity index (χ2v) is 12.1. The lowest BCUT2D eigenvalue weighted by atomic mass is 10.0. The smallest absolute Gasteiger partial charge is 0.404 e. The first-order valence-corrected chi connectivity index (χ1v) is 15.6. The Hall–Kier alpha value is -5.47. The largest absolute Gasteiger partial charge is 0.453 e. The van der Waals surface area contributed by atoms with Crippen molar-refractivity contribution in [2.45, 2.75) is 25.4 Å². The lowest BCUT2D eigenvalue weighted by molar-refractivity contribution is -0.131. The summed E-state index contributed by atoms with van der Waals surface area (Å²) in [6.07, 6.45) is 1.28. The van der Waals surface area contributed by atoms with E-state index in [2.05, 4.69) is 15.6 Å². The second kappa shape index (κ2) is 13.7. The van der Waals surface area contributed by atoms with Crippen molar-refractivity contribution in [1.82, 2.24) is 9.97 Å². The fourth-order valence-electron chi connectivity index (χ4n) is 4.97. The third kappa shape index (κ3) is 7.24. The van der Waals surface area contributed by atoms with E-state index in [4.69, 9.17) is 24.9 Å². The van der Waals surface area contributed by atoms with Gasteiger partial charge in [0, 0.05) is 48.9 Å². The minimum atomic E-state index is -1.29. The molecule has 1 aliphatic carbocycles. The molecule has 0 saturated heterocycles. The summed E-state index contributed by atoms with van der Waals surface area (Å²) in [4.78, 5) is 46.9. The van der Waals surface area contributed by atoms with E-state index in [0.717, 1.165) is 10.9 Å². The number of carbonyl (C=O) groups is 3. The number of ether oxygens (including phenoxy) is 3. The molecule has 1 atom stereocenters. The van der Waals surface area contributed by atoms with E-state index < -0.39 is 41.1 Å². The van der Waals surface area contributed by atoms with Crippen LogP contribution >= 0.6 is 11.3 Å². The van der Waals surface area contributed by atoms with Crippen LogP contribution in [0.5, 0.6) is 11.5 Å². The molecule has 3 aromatic heterocycles. The number of carbonyl (C=O) groups excluding carboxylic acids is 3. The van der Waals surface area contributed by atoms with Crippen LogP contribution in [0.4, 0.5) is 25.0 Å². The first kappa shape index (κ1) is 32.5. The van der Waals surface area contributed by atoms with Gasteiger partial charge in [-0.2, -0.15) is 0 Å². The quantitative estimate of drug-likeness (QED) is 0.128. The van der Waals surface area contributed by atoms with Crippen LogP contribution in [0, 0.1) is 17.0 Å². The highest BCUT2D eigenvalue weighted by Gasteiger charge is 2.56. The molecular formula is C34H29F2N5O6S. The number of primary amides is 1. The Kier molecular flexibility index (Phi) is 9.28. The molecule has 3 amide bonds. The van der Waals surface area contributed by atoms with Crippen molar-refractivity contribution < 1.29 is 37.4 Å². The van der Waals surface area contributed by atoms with Crippen molar-refractivity contribution in [1.29, 1.82) is 0 Å². The van der Waals surface area contributed by atoms with Gasteiger partial charge in [0.05, 0.1) is 26.9 Å². The summed E-state index contributed by atoms with van der Waals surface area (Å²) in [6, 6.07) is 18.2. The van der Waals surface area contributed by atoms with Gasteiger partial charge in [-0.1, -0.05) is 6.07 Å². The number of benzene rings is 2. The normalized spacial score (nSPS) is 13.8. The molecule has 1 fully saturated rings. The zero-order valence-corrected chi connectivity index (χ0v) is 26.3. The Bertz CT molecular complexity index is 2000. The van der Waals surface area contributed by atoms with Crippen LogP contribution in [0.1, 0.15) is 18.5 Å². The van der Waals surface area contributed by atoms with Gasteiger partial charge in [0.15, 0.2) is 11.6 Å². The number of pyridine rings is 2. The molecule has 48 heavy (non-hydrogen) atoms. The topological polar surface area (TPSA) is 155 Å². The van der Waals surface area contributed by atoms with Crippen molar-refractivity contribution in [3.05, 3.63) is 96.3 Å². The van der Waals surface area contributed by atoms with Gasteiger partial charge in [0.2, 0.25) is 11.8 Å². The lowest BCUT2D eigenvalue weighted by Crippen LogP contribution is -2.35. The first-order chi connectivity index (χ1) is 23.1. The Morgan fingerprint density at radius 3 is 2.38 bits per heavy atom. The average Bonchev–Trinajstić information content (AvgIpc) is 3.78. The average molecular weight is 674 g/mol. The standard InChI is InChI=1S/C34H29F2N5O6S/c1-45-23(18-46-33(37)44)15-21-3-2-4-25(39-21)29-17-26-30(48-29)28(11-14-38-26)47-27-10-9-22(16-24(27)36)41-32(43)34(12-13-34)31(42)40-20-7-5-19(35)6-8-20/h2-11,14,16-17,23H,12-13,15,18H2,1H3,(H2,37,44)(H,40,42)(H,41,43). The third-order valence-corrected chi connectivity index (χ3v) is 8.91. The highest BCUT2D eigenvalue weighted by Crippen LogP contribution is 2.48. The molecule has 11 nitrogen and oxygen atoms in total. The van der Waals surface area contributed by atoms with Gasteiger partial charge >= 0.3 is 6.09 Å². The van der Waals surface area contributed by atoms with Crippen LogP contribution in [0.15, 0.2) is 79.0 Å². The molecule has 0 aliphatic heterocycles. The summed E-state index contributed by atoms with van der Waals surface area (Å²) in [5.41, 5.74) is 6.32. The molecule has 0 radical (unpaired) electrons. The van der Waals surface area contributed by atoms with Gasteiger partial charge in [0.25, 0.3) is 0 Å². The highest BCUT2D eigenvalue weighted by atomic mass is 32.1. The number of methoxy groups -OCH3 is 1. The van der Waals surface area contributed by atoms with E-state index in [1.165, 1.54) is 54.8 Å². The Morgan fingerprint density at radius 2 is 1.69 bits per heavy atom. The zero-order valence-electron chi connectivity index (χ0n) is 25.5. The number of hydrogen-bond acceptors (Lipinski definition) is 9. The number of anilines is 2. The van der Waals surface area contributed by atoms with Gasteiger partial charge < -0.3 is 30.6 Å². The summed E-state index contributed by atoms with van der Waals surface area (Å²) in [5.74, 6) is -1.95. The summed E-state index contributed by atoms with van der Waals surface area (Å²) >= 11 is 1.37. The highest BCUT2D eigenvalue weighted by molar-refractivity contribution is 7.22. The van der Waals surface area contributed by atoms with Gasteiger partial charge in [-0.15, -0.1) is 11.3 Å². The molecule has 6 rings (SSSR count). The fraction of sp³-hybridized carbons (Fsp3) is 0.206. The Balaban J connectivity index is 1.14. The Labute approximate surface area is 277 Å². The number of amides is 3. The summed E-state index contributed by atoms with van der Waals surface area (Å²) < 4.78 is 45.4. The number of fused-ring (bicyclic) bond motifs is 1. The van der Waals surface area contributed by atoms with Crippen LogP contribution in [-0.4, -0.2) is 47.7 Å². The van der Waals surface area contributed by atoms with E-state index in [-0.39, 0.29) is 18.0 Å². The zero-order chi connectivity index (χ0) is 33.8. The number of nitrogens with one attached hydrogen (secondary N) is 2. The van der Waals surface area contributed by atoms with E-state index in [1.807, 2.05) is 24.3 Å². The number of nitrogens with zero attached hydrogens (tertiary/aromatic N) is 2. The molecule has 14 heteroatoms. The van der Waals surface area contributed by atoms with Crippen molar-refractivity contribution >= 4 is 50.8 Å². The number of thiophene rings is 1. The summed E-state index contributed by atoms with van der Waals surface area (Å²) in [5, 5.41) is 5.27. The SMILES string of the molecule is COC(COC(N)=O)Cc1cccc(-c2cc3nccc(Oc4ccc(NC(=O)C5(C(=O)Nc6ccc(F)cc6)CC5)cc4F)c3s2)n1. The third-order valence-electron chi connectivity index (χ3n) is 7.75. The number of rotatable bonds is 12. The van der Waals surface area contributed by atoms with Gasteiger partial charge in [-0.25, -0.2) is 13.6 Å². The predicted molar refractivity (Wildman–Crippen MR) is 175 cm³/mol. The maximum atomic E-state index is 15.3. The second-order valence-electron chi connectivity index (χ2n) is 11.1. The minimum absolute atomic E-state index is 0.00799. The maximum absolute atomic E-state index is 15.3. The molecule has 1 unspecified atom stereocenters. The molecule has 0 bridgehead atoms. The lowest BCUT2D eigenvalue weighted by Gasteiger charge is -2.16. The first-order valence-electron chi connectivity index (χ1n) is 14.8. The molecule has 5 aromatic rings. The summed E-state index contributed by atoms with van der Waals surface area (Å²) in [6.45, 7) is -0.00799. The summed E-state index contributed by atoms with van der Waals surface area (Å²) in [7, 11) is 1.51. The predicted octanol–water partition coefficient (Wildman–Crippen LogP) is 6.44. The van der Waals surface area contributed by atoms with Crippen molar-refractivity contribution in [3.63, 3.8) is 0 Å². The molecule has 4 N–H and O–H groups in total. The van der Waals surface area contributed by atoms with E-state index in [1.54, 1.807) is 12.3 Å². The maximum Gasteiger partial charge on any atom is 0.404 e. The molecule has 0 spiro atoms. The minimum Gasteiger partial charge on any atom is -0.453 e. The monoisotopic (exact) mass is 673 g/mol.